The Hall–Kier alpha value is -1.94. The van der Waals surface area contributed by atoms with E-state index in [9.17, 15) is 43.2 Å². The second-order valence-corrected chi connectivity index (χ2v) is 28.6. The van der Waals surface area contributed by atoms with Crippen LogP contribution in [0.2, 0.25) is 0 Å². The lowest BCUT2D eigenvalue weighted by Crippen LogP contribution is -2.30. The van der Waals surface area contributed by atoms with Gasteiger partial charge in [-0.2, -0.15) is 0 Å². The highest BCUT2D eigenvalue weighted by atomic mass is 31.2. The van der Waals surface area contributed by atoms with Crippen molar-refractivity contribution in [3.63, 3.8) is 0 Å². The van der Waals surface area contributed by atoms with Gasteiger partial charge < -0.3 is 33.8 Å². The molecule has 19 heteroatoms. The van der Waals surface area contributed by atoms with Crippen LogP contribution in [-0.4, -0.2) is 96.7 Å². The molecule has 0 aliphatic carbocycles. The van der Waals surface area contributed by atoms with E-state index in [2.05, 4.69) is 55.4 Å². The molecule has 0 heterocycles. The molecule has 0 aliphatic heterocycles. The lowest BCUT2D eigenvalue weighted by molar-refractivity contribution is -0.161. The zero-order valence-electron chi connectivity index (χ0n) is 55.9. The third kappa shape index (κ3) is 58.4. The molecule has 0 aromatic rings. The number of aliphatic hydroxyl groups excluding tert-OH is 1. The molecular formula is C67H130O17P2. The topological polar surface area (TPSA) is 237 Å². The quantitative estimate of drug-likeness (QED) is 0.0222. The van der Waals surface area contributed by atoms with Crippen LogP contribution in [0.4, 0.5) is 0 Å². The lowest BCUT2D eigenvalue weighted by Gasteiger charge is -2.21. The molecule has 0 radical (unpaired) electrons. The Balaban J connectivity index is 5.27. The first-order valence-electron chi connectivity index (χ1n) is 34.8. The minimum atomic E-state index is -4.95. The van der Waals surface area contributed by atoms with Gasteiger partial charge in [-0.15, -0.1) is 0 Å². The number of hydrogen-bond donors (Lipinski definition) is 3. The number of rotatable bonds is 64. The van der Waals surface area contributed by atoms with Gasteiger partial charge in [0.1, 0.15) is 19.3 Å². The van der Waals surface area contributed by atoms with E-state index in [0.29, 0.717) is 25.7 Å². The summed E-state index contributed by atoms with van der Waals surface area (Å²) in [5, 5.41) is 10.6. The van der Waals surface area contributed by atoms with E-state index in [1.54, 1.807) is 0 Å². The van der Waals surface area contributed by atoms with Crippen LogP contribution in [0.25, 0.3) is 0 Å². The Kier molecular flexibility index (Phi) is 55.7. The molecule has 0 amide bonds. The van der Waals surface area contributed by atoms with Crippen molar-refractivity contribution in [2.45, 2.75) is 343 Å². The number of ether oxygens (including phenoxy) is 4. The lowest BCUT2D eigenvalue weighted by atomic mass is 9.99. The molecule has 17 nitrogen and oxygen atoms in total. The van der Waals surface area contributed by atoms with Gasteiger partial charge >= 0.3 is 39.5 Å². The molecule has 0 aromatic carbocycles. The third-order valence-electron chi connectivity index (χ3n) is 16.0. The normalized spacial score (nSPS) is 15.0. The second kappa shape index (κ2) is 57.0. The molecule has 0 rings (SSSR count). The fraction of sp³-hybridized carbons (Fsp3) is 0.940. The molecule has 86 heavy (non-hydrogen) atoms. The van der Waals surface area contributed by atoms with Gasteiger partial charge in [-0.25, -0.2) is 9.13 Å². The van der Waals surface area contributed by atoms with Gasteiger partial charge in [0.2, 0.25) is 0 Å². The largest absolute Gasteiger partial charge is 0.472 e. The molecule has 0 fully saturated rings. The molecule has 0 saturated heterocycles. The number of carbonyl (C=O) groups excluding carboxylic acids is 4. The van der Waals surface area contributed by atoms with E-state index in [-0.39, 0.29) is 25.7 Å². The molecule has 0 spiro atoms. The van der Waals surface area contributed by atoms with Crippen LogP contribution < -0.4 is 0 Å². The summed E-state index contributed by atoms with van der Waals surface area (Å²) in [4.78, 5) is 72.4. The van der Waals surface area contributed by atoms with Crippen molar-refractivity contribution in [2.75, 3.05) is 39.6 Å². The molecule has 7 atom stereocenters. The van der Waals surface area contributed by atoms with Crippen LogP contribution in [0, 0.1) is 23.7 Å². The molecule has 0 aromatic heterocycles. The van der Waals surface area contributed by atoms with Crippen molar-refractivity contribution < 1.29 is 80.2 Å². The van der Waals surface area contributed by atoms with Gasteiger partial charge in [-0.05, 0) is 49.4 Å². The Morgan fingerprint density at radius 1 is 0.326 bits per heavy atom. The minimum absolute atomic E-state index is 0.103. The molecule has 0 bridgehead atoms. The number of phosphoric ester groups is 2. The van der Waals surface area contributed by atoms with Gasteiger partial charge in [0.15, 0.2) is 12.2 Å². The first-order chi connectivity index (χ1) is 41.2. The Morgan fingerprint density at radius 3 is 0.826 bits per heavy atom. The molecular weight excluding hydrogens is 1140 g/mol. The molecule has 0 aliphatic rings. The number of aliphatic hydroxyl groups is 1. The van der Waals surface area contributed by atoms with E-state index in [1.807, 2.05) is 0 Å². The van der Waals surface area contributed by atoms with Gasteiger partial charge in [0, 0.05) is 25.7 Å². The van der Waals surface area contributed by atoms with Crippen LogP contribution >= 0.6 is 15.6 Å². The molecule has 0 saturated carbocycles. The van der Waals surface area contributed by atoms with Gasteiger partial charge in [0.25, 0.3) is 0 Å². The summed E-state index contributed by atoms with van der Waals surface area (Å²) in [6.07, 6.45) is 37.5. The number of unbranched alkanes of at least 4 members (excludes halogenated alkanes) is 28. The summed E-state index contributed by atoms with van der Waals surface area (Å²) >= 11 is 0. The van der Waals surface area contributed by atoms with E-state index in [4.69, 9.17) is 37.0 Å². The predicted molar refractivity (Wildman–Crippen MR) is 344 cm³/mol. The summed E-state index contributed by atoms with van der Waals surface area (Å²) in [5.41, 5.74) is 0. The summed E-state index contributed by atoms with van der Waals surface area (Å²) in [6, 6.07) is 0. The van der Waals surface area contributed by atoms with Crippen LogP contribution in [0.1, 0.15) is 325 Å². The summed E-state index contributed by atoms with van der Waals surface area (Å²) in [5.74, 6) is 0.843. The van der Waals surface area contributed by atoms with Crippen LogP contribution in [0.3, 0.4) is 0 Å². The Morgan fingerprint density at radius 2 is 0.558 bits per heavy atom. The molecule has 3 N–H and O–H groups in total. The van der Waals surface area contributed by atoms with Crippen molar-refractivity contribution >= 4 is 39.5 Å². The van der Waals surface area contributed by atoms with Gasteiger partial charge in [-0.1, -0.05) is 274 Å². The number of esters is 4. The van der Waals surface area contributed by atoms with Crippen molar-refractivity contribution in [1.82, 2.24) is 0 Å². The number of hydrogen-bond acceptors (Lipinski definition) is 15. The summed E-state index contributed by atoms with van der Waals surface area (Å²) in [7, 11) is -9.90. The second-order valence-electron chi connectivity index (χ2n) is 25.6. The molecule has 510 valence electrons. The molecule has 5 unspecified atom stereocenters. The highest BCUT2D eigenvalue weighted by Crippen LogP contribution is 2.45. The first kappa shape index (κ1) is 84.1. The Labute approximate surface area is 524 Å². The number of carbonyl (C=O) groups is 4. The van der Waals surface area contributed by atoms with Gasteiger partial charge in [0.05, 0.1) is 26.4 Å². The van der Waals surface area contributed by atoms with E-state index in [0.717, 1.165) is 120 Å². The fourth-order valence-electron chi connectivity index (χ4n) is 9.89. The zero-order valence-corrected chi connectivity index (χ0v) is 57.7. The maximum atomic E-state index is 13.0. The summed E-state index contributed by atoms with van der Waals surface area (Å²) < 4.78 is 68.1. The fourth-order valence-corrected chi connectivity index (χ4v) is 11.5. The zero-order chi connectivity index (χ0) is 63.9. The van der Waals surface area contributed by atoms with Gasteiger partial charge in [-0.3, -0.25) is 37.3 Å². The van der Waals surface area contributed by atoms with E-state index < -0.39 is 97.5 Å². The average molecular weight is 1270 g/mol. The van der Waals surface area contributed by atoms with E-state index >= 15 is 0 Å². The van der Waals surface area contributed by atoms with Crippen molar-refractivity contribution in [2.24, 2.45) is 23.7 Å². The summed E-state index contributed by atoms with van der Waals surface area (Å²) in [6.45, 7) is 14.0. The van der Waals surface area contributed by atoms with Crippen molar-refractivity contribution in [3.05, 3.63) is 0 Å². The maximum absolute atomic E-state index is 13.0. The third-order valence-corrected chi connectivity index (χ3v) is 17.9. The van der Waals surface area contributed by atoms with Crippen LogP contribution in [0.5, 0.6) is 0 Å². The highest BCUT2D eigenvalue weighted by molar-refractivity contribution is 7.47. The first-order valence-corrected chi connectivity index (χ1v) is 37.8. The van der Waals surface area contributed by atoms with E-state index in [1.165, 1.54) is 122 Å². The smallest absolute Gasteiger partial charge is 0.462 e. The SMILES string of the molecule is CCC(C)CCCCCCCCCCC(=O)O[C@H](COC(=O)CCCCCCCCC(C)CC)COP(=O)(O)OCC(O)COP(=O)(O)OC[C@@H](COC(=O)CCCCCCCCCCC(C)C)OC(=O)CCCCCCCCCCCCC(C)C. The van der Waals surface area contributed by atoms with Crippen LogP contribution in [-0.2, 0) is 65.4 Å². The van der Waals surface area contributed by atoms with Crippen molar-refractivity contribution in [1.29, 1.82) is 0 Å². The van der Waals surface area contributed by atoms with Crippen LogP contribution in [0.15, 0.2) is 0 Å². The monoisotopic (exact) mass is 1270 g/mol. The number of phosphoric acid groups is 2. The highest BCUT2D eigenvalue weighted by Gasteiger charge is 2.30. The minimum Gasteiger partial charge on any atom is -0.462 e. The van der Waals surface area contributed by atoms with Crippen molar-refractivity contribution in [3.8, 4) is 0 Å². The predicted octanol–water partition coefficient (Wildman–Crippen LogP) is 18.5. The maximum Gasteiger partial charge on any atom is 0.472 e. The average Bonchev–Trinajstić information content (AvgIpc) is 3.66. The Bertz CT molecular complexity index is 1720. The standard InChI is InChI=1S/C67H130O17P2/c1-9-59(7)45-37-29-21-16-18-24-34-42-50-67(72)84-63(54-78-65(70)48-40-32-26-25-30-38-46-60(8)10-2)56-82-86(75,76)80-52-61(68)51-79-85(73,74)81-55-62(53-77-64(69)47-39-31-22-17-15-20-28-36-44-58(5)6)83-66(71)49-41-33-23-14-12-11-13-19-27-35-43-57(3)4/h57-63,68H,9-56H2,1-8H3,(H,73,74)(H,75,76)/t59?,60?,61?,62-,63-/m1/s1.